The lowest BCUT2D eigenvalue weighted by Crippen LogP contribution is -2.65. The van der Waals surface area contributed by atoms with Crippen molar-refractivity contribution in [3.8, 4) is 5.75 Å². The van der Waals surface area contributed by atoms with Gasteiger partial charge < -0.3 is 25.4 Å². The van der Waals surface area contributed by atoms with Crippen molar-refractivity contribution >= 4 is 11.8 Å². The fourth-order valence-corrected chi connectivity index (χ4v) is 5.33. The van der Waals surface area contributed by atoms with Crippen LogP contribution in [0.15, 0.2) is 18.2 Å². The lowest BCUT2D eigenvalue weighted by Gasteiger charge is -2.48. The second-order valence-electron chi connectivity index (χ2n) is 9.78. The van der Waals surface area contributed by atoms with Gasteiger partial charge in [-0.25, -0.2) is 4.39 Å². The number of nitrogens with one attached hydrogen (secondary N) is 3. The average molecular weight is 487 g/mol. The van der Waals surface area contributed by atoms with Crippen molar-refractivity contribution in [3.05, 3.63) is 29.6 Å². The molecule has 2 atom stereocenters. The van der Waals surface area contributed by atoms with Gasteiger partial charge in [0.25, 0.3) is 5.91 Å². The van der Waals surface area contributed by atoms with Crippen LogP contribution in [-0.4, -0.2) is 61.5 Å². The molecule has 2 unspecified atom stereocenters. The predicted octanol–water partition coefficient (Wildman–Crippen LogP) is 2.37. The third-order valence-electron chi connectivity index (χ3n) is 6.98. The number of hydrogen-bond acceptors (Lipinski definition) is 5. The minimum atomic E-state index is -4.29. The number of alkyl halides is 3. The number of aryl methyl sites for hydroxylation is 1. The molecule has 0 spiro atoms. The SMILES string of the molecule is Cc1ccc(OCC(=O)NC23CCC(NC(=O)COC4CNCC(C(F)(F)F)C4)(C2)C3)cc1F. The van der Waals surface area contributed by atoms with Gasteiger partial charge in [0, 0.05) is 30.2 Å². The zero-order valence-electron chi connectivity index (χ0n) is 18.9. The molecule has 7 nitrogen and oxygen atoms in total. The highest BCUT2D eigenvalue weighted by molar-refractivity contribution is 5.80. The summed E-state index contributed by atoms with van der Waals surface area (Å²) in [6.07, 6.45) is -2.62. The summed E-state index contributed by atoms with van der Waals surface area (Å²) in [6, 6.07) is 4.40. The first-order valence-electron chi connectivity index (χ1n) is 11.4. The number of fused-ring (bicyclic) bond motifs is 1. The molecule has 1 heterocycles. The molecule has 0 aromatic heterocycles. The number of hydrogen-bond donors (Lipinski definition) is 3. The fraction of sp³-hybridized carbons (Fsp3) is 0.652. The number of carbonyl (C=O) groups excluding carboxylic acids is 2. The molecular formula is C23H29F4N3O4. The van der Waals surface area contributed by atoms with Crippen LogP contribution in [0, 0.1) is 18.7 Å². The maximum Gasteiger partial charge on any atom is 0.393 e. The molecular weight excluding hydrogens is 458 g/mol. The van der Waals surface area contributed by atoms with E-state index in [1.807, 2.05) is 0 Å². The first-order chi connectivity index (χ1) is 16.0. The number of amides is 2. The Morgan fingerprint density at radius 2 is 1.74 bits per heavy atom. The summed E-state index contributed by atoms with van der Waals surface area (Å²) in [5.74, 6) is -2.31. The van der Waals surface area contributed by atoms with E-state index >= 15 is 0 Å². The van der Waals surface area contributed by atoms with Crippen molar-refractivity contribution in [2.24, 2.45) is 5.92 Å². The van der Waals surface area contributed by atoms with Crippen molar-refractivity contribution in [2.45, 2.75) is 62.4 Å². The molecule has 4 fully saturated rings. The highest BCUT2D eigenvalue weighted by Crippen LogP contribution is 2.55. The number of carbonyl (C=O) groups is 2. The van der Waals surface area contributed by atoms with Crippen LogP contribution < -0.4 is 20.7 Å². The Balaban J connectivity index is 1.18. The van der Waals surface area contributed by atoms with Crippen molar-refractivity contribution < 1.29 is 36.6 Å². The smallest absolute Gasteiger partial charge is 0.393 e. The normalized spacial score (nSPS) is 30.4. The molecule has 5 rings (SSSR count). The molecule has 3 N–H and O–H groups in total. The van der Waals surface area contributed by atoms with E-state index in [4.69, 9.17) is 9.47 Å². The number of ether oxygens (including phenoxy) is 2. The van der Waals surface area contributed by atoms with Gasteiger partial charge in [-0.05, 0) is 50.7 Å². The van der Waals surface area contributed by atoms with Gasteiger partial charge in [0.15, 0.2) is 6.61 Å². The average Bonchev–Trinajstić information content (AvgIpc) is 3.27. The van der Waals surface area contributed by atoms with Crippen LogP contribution in [0.4, 0.5) is 17.6 Å². The Morgan fingerprint density at radius 3 is 2.35 bits per heavy atom. The van der Waals surface area contributed by atoms with Gasteiger partial charge >= 0.3 is 6.18 Å². The number of halogens is 4. The van der Waals surface area contributed by atoms with Gasteiger partial charge in [0.1, 0.15) is 18.2 Å². The molecule has 1 aromatic rings. The molecule has 1 aromatic carbocycles. The molecule has 3 aliphatic carbocycles. The zero-order chi connectivity index (χ0) is 24.6. The van der Waals surface area contributed by atoms with E-state index in [0.29, 0.717) is 31.2 Å². The summed E-state index contributed by atoms with van der Waals surface area (Å²) < 4.78 is 63.1. The molecule has 1 aliphatic heterocycles. The Hall–Kier alpha value is -2.40. The lowest BCUT2D eigenvalue weighted by molar-refractivity contribution is -0.188. The molecule has 2 amide bonds. The Morgan fingerprint density at radius 1 is 1.09 bits per heavy atom. The molecule has 11 heteroatoms. The third kappa shape index (κ3) is 5.63. The van der Waals surface area contributed by atoms with E-state index in [2.05, 4.69) is 16.0 Å². The highest BCUT2D eigenvalue weighted by Gasteiger charge is 2.62. The maximum atomic E-state index is 13.6. The molecule has 3 saturated carbocycles. The van der Waals surface area contributed by atoms with Gasteiger partial charge in [-0.3, -0.25) is 9.59 Å². The minimum Gasteiger partial charge on any atom is -0.484 e. The topological polar surface area (TPSA) is 88.7 Å². The van der Waals surface area contributed by atoms with Crippen LogP contribution in [0.25, 0.3) is 0 Å². The Labute approximate surface area is 194 Å². The van der Waals surface area contributed by atoms with Gasteiger partial charge in [-0.15, -0.1) is 0 Å². The molecule has 4 aliphatic rings. The number of piperidine rings is 1. The van der Waals surface area contributed by atoms with Gasteiger partial charge in [-0.1, -0.05) is 6.07 Å². The third-order valence-corrected chi connectivity index (χ3v) is 6.98. The van der Waals surface area contributed by atoms with Gasteiger partial charge in [0.2, 0.25) is 5.91 Å². The first kappa shape index (κ1) is 24.7. The van der Waals surface area contributed by atoms with Crippen molar-refractivity contribution in [1.82, 2.24) is 16.0 Å². The quantitative estimate of drug-likeness (QED) is 0.490. The van der Waals surface area contributed by atoms with Crippen molar-refractivity contribution in [2.75, 3.05) is 26.3 Å². The maximum absolute atomic E-state index is 13.6. The Bertz CT molecular complexity index is 933. The highest BCUT2D eigenvalue weighted by atomic mass is 19.4. The van der Waals surface area contributed by atoms with Crippen LogP contribution in [0.1, 0.15) is 37.7 Å². The van der Waals surface area contributed by atoms with Crippen LogP contribution >= 0.6 is 0 Å². The second-order valence-corrected chi connectivity index (χ2v) is 9.78. The summed E-state index contributed by atoms with van der Waals surface area (Å²) in [5.41, 5.74) is -0.366. The van der Waals surface area contributed by atoms with Crippen LogP contribution in [0.3, 0.4) is 0 Å². The monoisotopic (exact) mass is 487 g/mol. The van der Waals surface area contributed by atoms with Crippen LogP contribution in [0.5, 0.6) is 5.75 Å². The lowest BCUT2D eigenvalue weighted by atomic mass is 9.71. The summed E-state index contributed by atoms with van der Waals surface area (Å²) >= 11 is 0. The van der Waals surface area contributed by atoms with Crippen molar-refractivity contribution in [1.29, 1.82) is 0 Å². The molecule has 188 valence electrons. The van der Waals surface area contributed by atoms with Crippen LogP contribution in [0.2, 0.25) is 0 Å². The molecule has 1 saturated heterocycles. The fourth-order valence-electron chi connectivity index (χ4n) is 5.33. The summed E-state index contributed by atoms with van der Waals surface area (Å²) in [7, 11) is 0. The number of rotatable bonds is 8. The van der Waals surface area contributed by atoms with Gasteiger partial charge in [-0.2, -0.15) is 13.2 Å². The summed E-state index contributed by atoms with van der Waals surface area (Å²) in [5, 5.41) is 8.61. The van der Waals surface area contributed by atoms with E-state index in [9.17, 15) is 27.2 Å². The largest absolute Gasteiger partial charge is 0.484 e. The minimum absolute atomic E-state index is 0.139. The van der Waals surface area contributed by atoms with E-state index in [-0.39, 0.29) is 50.3 Å². The van der Waals surface area contributed by atoms with Crippen LogP contribution in [-0.2, 0) is 14.3 Å². The van der Waals surface area contributed by atoms with Gasteiger partial charge in [0.05, 0.1) is 12.0 Å². The summed E-state index contributed by atoms with van der Waals surface area (Å²) in [6.45, 7) is 1.22. The molecule has 2 bridgehead atoms. The van der Waals surface area contributed by atoms with Crippen molar-refractivity contribution in [3.63, 3.8) is 0 Å². The van der Waals surface area contributed by atoms with E-state index in [1.165, 1.54) is 6.07 Å². The predicted molar refractivity (Wildman–Crippen MR) is 114 cm³/mol. The second kappa shape index (κ2) is 9.33. The number of benzene rings is 1. The Kier molecular flexibility index (Phi) is 6.78. The molecule has 0 radical (unpaired) electrons. The van der Waals surface area contributed by atoms with E-state index in [1.54, 1.807) is 19.1 Å². The van der Waals surface area contributed by atoms with E-state index in [0.717, 1.165) is 0 Å². The summed E-state index contributed by atoms with van der Waals surface area (Å²) in [4.78, 5) is 24.7. The standard InChI is InChI=1S/C23H29F4N3O4/c1-14-2-3-16(7-18(14)24)33-10-19(31)29-21-4-5-22(12-21,13-21)30-20(32)11-34-17-6-15(8-28-9-17)23(25,26)27/h2-3,7,15,17,28H,4-6,8-13H2,1H3,(H,29,31)(H,30,32). The first-order valence-corrected chi connectivity index (χ1v) is 11.4. The zero-order valence-corrected chi connectivity index (χ0v) is 18.9. The molecule has 34 heavy (non-hydrogen) atoms. The van der Waals surface area contributed by atoms with E-state index < -0.39 is 35.1 Å².